The summed E-state index contributed by atoms with van der Waals surface area (Å²) in [4.78, 5) is 15.6. The van der Waals surface area contributed by atoms with Crippen LogP contribution in [-0.4, -0.2) is 19.9 Å². The molecule has 0 aliphatic rings. The second-order valence-corrected chi connectivity index (χ2v) is 7.21. The van der Waals surface area contributed by atoms with Crippen molar-refractivity contribution in [1.29, 1.82) is 5.26 Å². The standard InChI is InChI=1S/C22H17FN2OS/c1-25(2)17-9-7-15(8-10-17)13-16(14-24)20-11-12-21(27-20)22(26)18-5-3-4-6-19(18)23/h3-13H,1-2H3/b16-13-. The van der Waals surface area contributed by atoms with Crippen LogP contribution >= 0.6 is 11.3 Å². The van der Waals surface area contributed by atoms with Crippen LogP contribution in [0.4, 0.5) is 10.1 Å². The Morgan fingerprint density at radius 1 is 1.04 bits per heavy atom. The number of allylic oxidation sites excluding steroid dienone is 1. The summed E-state index contributed by atoms with van der Waals surface area (Å²) in [7, 11) is 3.93. The highest BCUT2D eigenvalue weighted by Crippen LogP contribution is 2.28. The number of rotatable bonds is 5. The van der Waals surface area contributed by atoms with Gasteiger partial charge in [0.2, 0.25) is 5.78 Å². The highest BCUT2D eigenvalue weighted by atomic mass is 32.1. The van der Waals surface area contributed by atoms with Crippen LogP contribution < -0.4 is 4.90 Å². The molecule has 1 heterocycles. The summed E-state index contributed by atoms with van der Waals surface area (Å²) in [5.41, 5.74) is 2.46. The lowest BCUT2D eigenvalue weighted by Gasteiger charge is -2.11. The van der Waals surface area contributed by atoms with Gasteiger partial charge in [-0.3, -0.25) is 4.79 Å². The summed E-state index contributed by atoms with van der Waals surface area (Å²) in [5.74, 6) is -0.925. The molecule has 0 N–H and O–H groups in total. The monoisotopic (exact) mass is 376 g/mol. The molecule has 134 valence electrons. The molecule has 0 bridgehead atoms. The van der Waals surface area contributed by atoms with Gasteiger partial charge in [-0.05, 0) is 48.0 Å². The number of carbonyl (C=O) groups is 1. The molecule has 3 nitrogen and oxygen atoms in total. The van der Waals surface area contributed by atoms with E-state index in [0.717, 1.165) is 11.3 Å². The maximum atomic E-state index is 13.9. The molecule has 3 rings (SSSR count). The number of hydrogen-bond acceptors (Lipinski definition) is 4. The van der Waals surface area contributed by atoms with Gasteiger partial charge in [0.25, 0.3) is 0 Å². The summed E-state index contributed by atoms with van der Waals surface area (Å²) in [6, 6.07) is 19.3. The summed E-state index contributed by atoms with van der Waals surface area (Å²) >= 11 is 1.19. The minimum Gasteiger partial charge on any atom is -0.378 e. The van der Waals surface area contributed by atoms with Crippen LogP contribution in [0.3, 0.4) is 0 Å². The van der Waals surface area contributed by atoms with Crippen molar-refractivity contribution in [1.82, 2.24) is 0 Å². The SMILES string of the molecule is CN(C)c1ccc(/C=C(/C#N)c2ccc(C(=O)c3ccccc3F)s2)cc1. The number of halogens is 1. The van der Waals surface area contributed by atoms with E-state index in [0.29, 0.717) is 15.3 Å². The lowest BCUT2D eigenvalue weighted by Crippen LogP contribution is -2.07. The molecule has 0 aliphatic carbocycles. The highest BCUT2D eigenvalue weighted by Gasteiger charge is 2.16. The highest BCUT2D eigenvalue weighted by molar-refractivity contribution is 7.15. The Kier molecular flexibility index (Phi) is 5.49. The summed E-state index contributed by atoms with van der Waals surface area (Å²) in [6.45, 7) is 0. The van der Waals surface area contributed by atoms with Crippen LogP contribution in [0.25, 0.3) is 11.6 Å². The number of carbonyl (C=O) groups excluding carboxylic acids is 1. The van der Waals surface area contributed by atoms with Crippen molar-refractivity contribution in [2.24, 2.45) is 0 Å². The maximum absolute atomic E-state index is 13.9. The van der Waals surface area contributed by atoms with E-state index in [2.05, 4.69) is 6.07 Å². The molecule has 5 heteroatoms. The van der Waals surface area contributed by atoms with Crippen molar-refractivity contribution in [3.63, 3.8) is 0 Å². The average molecular weight is 376 g/mol. The molecule has 3 aromatic rings. The Labute approximate surface area is 161 Å². The van der Waals surface area contributed by atoms with Gasteiger partial charge in [-0.1, -0.05) is 24.3 Å². The molecular formula is C22H17FN2OS. The third-order valence-electron chi connectivity index (χ3n) is 4.05. The molecule has 0 unspecified atom stereocenters. The molecule has 0 saturated heterocycles. The second kappa shape index (κ2) is 7.98. The van der Waals surface area contributed by atoms with E-state index in [1.165, 1.54) is 23.5 Å². The molecule has 0 radical (unpaired) electrons. The molecule has 1 aromatic heterocycles. The minimum atomic E-state index is -0.547. The zero-order chi connectivity index (χ0) is 19.4. The third kappa shape index (κ3) is 4.13. The van der Waals surface area contributed by atoms with Crippen molar-refractivity contribution in [3.8, 4) is 6.07 Å². The second-order valence-electron chi connectivity index (χ2n) is 6.13. The first-order valence-electron chi connectivity index (χ1n) is 8.28. The Bertz CT molecular complexity index is 1040. The topological polar surface area (TPSA) is 44.1 Å². The van der Waals surface area contributed by atoms with Crippen molar-refractivity contribution in [3.05, 3.63) is 87.4 Å². The molecule has 0 amide bonds. The van der Waals surface area contributed by atoms with E-state index in [1.54, 1.807) is 30.3 Å². The molecule has 0 aliphatic heterocycles. The first-order chi connectivity index (χ1) is 13.0. The van der Waals surface area contributed by atoms with Gasteiger partial charge in [-0.15, -0.1) is 11.3 Å². The predicted molar refractivity (Wildman–Crippen MR) is 108 cm³/mol. The van der Waals surface area contributed by atoms with Crippen molar-refractivity contribution in [2.75, 3.05) is 19.0 Å². The first kappa shape index (κ1) is 18.6. The number of benzene rings is 2. The van der Waals surface area contributed by atoms with Gasteiger partial charge in [0, 0.05) is 24.7 Å². The van der Waals surface area contributed by atoms with E-state index in [4.69, 9.17) is 0 Å². The molecule has 0 saturated carbocycles. The average Bonchev–Trinajstić information content (AvgIpc) is 3.16. The van der Waals surface area contributed by atoms with E-state index in [1.807, 2.05) is 43.3 Å². The van der Waals surface area contributed by atoms with Gasteiger partial charge in [-0.25, -0.2) is 4.39 Å². The fourth-order valence-corrected chi connectivity index (χ4v) is 3.50. The molecule has 0 atom stereocenters. The lowest BCUT2D eigenvalue weighted by molar-refractivity contribution is 0.103. The third-order valence-corrected chi connectivity index (χ3v) is 5.17. The summed E-state index contributed by atoms with van der Waals surface area (Å²) in [6.07, 6.45) is 1.78. The quantitative estimate of drug-likeness (QED) is 0.451. The van der Waals surface area contributed by atoms with Crippen molar-refractivity contribution < 1.29 is 9.18 Å². The van der Waals surface area contributed by atoms with E-state index >= 15 is 0 Å². The van der Waals surface area contributed by atoms with Gasteiger partial charge in [0.15, 0.2) is 0 Å². The minimum absolute atomic E-state index is 0.0349. The Hall–Kier alpha value is -3.23. The number of ketones is 1. The van der Waals surface area contributed by atoms with Crippen LogP contribution in [-0.2, 0) is 0 Å². The van der Waals surface area contributed by atoms with Gasteiger partial charge in [0.05, 0.1) is 16.0 Å². The maximum Gasteiger partial charge on any atom is 0.205 e. The van der Waals surface area contributed by atoms with E-state index < -0.39 is 5.82 Å². The lowest BCUT2D eigenvalue weighted by atomic mass is 10.1. The van der Waals surface area contributed by atoms with Gasteiger partial charge < -0.3 is 4.90 Å². The Morgan fingerprint density at radius 2 is 1.70 bits per heavy atom. The van der Waals surface area contributed by atoms with Crippen LogP contribution in [0, 0.1) is 17.1 Å². The first-order valence-corrected chi connectivity index (χ1v) is 9.10. The summed E-state index contributed by atoms with van der Waals surface area (Å²) < 4.78 is 13.9. The van der Waals surface area contributed by atoms with Gasteiger partial charge in [-0.2, -0.15) is 5.26 Å². The number of nitrogens with zero attached hydrogens (tertiary/aromatic N) is 2. The molecule has 0 fully saturated rings. The van der Waals surface area contributed by atoms with E-state index in [-0.39, 0.29) is 11.3 Å². The zero-order valence-electron chi connectivity index (χ0n) is 14.9. The number of hydrogen-bond donors (Lipinski definition) is 0. The summed E-state index contributed by atoms with van der Waals surface area (Å²) in [5, 5.41) is 9.53. The Morgan fingerprint density at radius 3 is 2.33 bits per heavy atom. The number of nitriles is 1. The largest absolute Gasteiger partial charge is 0.378 e. The van der Waals surface area contributed by atoms with Crippen LogP contribution in [0.2, 0.25) is 0 Å². The fraction of sp³-hybridized carbons (Fsp3) is 0.0909. The molecule has 0 spiro atoms. The van der Waals surface area contributed by atoms with Crippen molar-refractivity contribution in [2.45, 2.75) is 0 Å². The fourth-order valence-electron chi connectivity index (χ4n) is 2.58. The number of anilines is 1. The number of thiophene rings is 1. The van der Waals surface area contributed by atoms with Crippen LogP contribution in [0.15, 0.2) is 60.7 Å². The molecule has 2 aromatic carbocycles. The molecule has 27 heavy (non-hydrogen) atoms. The van der Waals surface area contributed by atoms with Crippen LogP contribution in [0.1, 0.15) is 25.7 Å². The predicted octanol–water partition coefficient (Wildman–Crippen LogP) is 5.25. The van der Waals surface area contributed by atoms with Crippen molar-refractivity contribution >= 4 is 34.5 Å². The van der Waals surface area contributed by atoms with Gasteiger partial charge in [0.1, 0.15) is 11.9 Å². The smallest absolute Gasteiger partial charge is 0.205 e. The van der Waals surface area contributed by atoms with Crippen LogP contribution in [0.5, 0.6) is 0 Å². The van der Waals surface area contributed by atoms with E-state index in [9.17, 15) is 14.4 Å². The van der Waals surface area contributed by atoms with Gasteiger partial charge >= 0.3 is 0 Å². The normalized spacial score (nSPS) is 11.1. The molecular weight excluding hydrogens is 359 g/mol. The zero-order valence-corrected chi connectivity index (χ0v) is 15.8. The Balaban J connectivity index is 1.88.